The van der Waals surface area contributed by atoms with Gasteiger partial charge in [-0.25, -0.2) is 0 Å². The molecule has 1 aliphatic carbocycles. The lowest BCUT2D eigenvalue weighted by Crippen LogP contribution is -2.32. The van der Waals surface area contributed by atoms with Crippen molar-refractivity contribution in [1.82, 2.24) is 0 Å². The van der Waals surface area contributed by atoms with Gasteiger partial charge in [0, 0.05) is 0 Å². The van der Waals surface area contributed by atoms with E-state index in [2.05, 4.69) is 0 Å². The maximum Gasteiger partial charge on any atom is 0.320 e. The average molecular weight is 251 g/mol. The highest BCUT2D eigenvalue weighted by molar-refractivity contribution is 5.73. The number of ether oxygens (including phenoxy) is 2. The molecule has 1 fully saturated rings. The molecule has 1 saturated carbocycles. The van der Waals surface area contributed by atoms with Crippen molar-refractivity contribution in [2.24, 2.45) is 5.73 Å². The van der Waals surface area contributed by atoms with Crippen LogP contribution >= 0.6 is 0 Å². The van der Waals surface area contributed by atoms with E-state index in [4.69, 9.17) is 20.3 Å². The maximum atomic E-state index is 10.7. The summed E-state index contributed by atoms with van der Waals surface area (Å²) < 4.78 is 10.9. The van der Waals surface area contributed by atoms with E-state index in [1.807, 2.05) is 6.07 Å². The van der Waals surface area contributed by atoms with Gasteiger partial charge in [-0.2, -0.15) is 0 Å². The van der Waals surface area contributed by atoms with Crippen molar-refractivity contribution in [1.29, 1.82) is 0 Å². The van der Waals surface area contributed by atoms with E-state index in [0.717, 1.165) is 18.4 Å². The van der Waals surface area contributed by atoms with Crippen LogP contribution < -0.4 is 15.2 Å². The van der Waals surface area contributed by atoms with Gasteiger partial charge in [0.2, 0.25) is 0 Å². The van der Waals surface area contributed by atoms with Crippen molar-refractivity contribution in [3.63, 3.8) is 0 Å². The fourth-order valence-electron chi connectivity index (χ4n) is 1.64. The molecule has 1 atom stereocenters. The number of carboxylic acid groups (broad SMARTS) is 1. The zero-order chi connectivity index (χ0) is 13.1. The topological polar surface area (TPSA) is 81.8 Å². The van der Waals surface area contributed by atoms with Crippen molar-refractivity contribution in [2.45, 2.75) is 31.4 Å². The molecule has 1 aromatic carbocycles. The number of nitrogens with two attached hydrogens (primary N) is 1. The molecule has 98 valence electrons. The van der Waals surface area contributed by atoms with Crippen molar-refractivity contribution in [3.8, 4) is 11.5 Å². The number of carboxylic acids is 1. The summed E-state index contributed by atoms with van der Waals surface area (Å²) in [7, 11) is 1.57. The Bertz CT molecular complexity index is 443. The molecule has 0 spiro atoms. The van der Waals surface area contributed by atoms with Gasteiger partial charge in [-0.3, -0.25) is 4.79 Å². The van der Waals surface area contributed by atoms with Crippen LogP contribution in [0.1, 0.15) is 18.4 Å². The molecule has 2 rings (SSSR count). The Kier molecular flexibility index (Phi) is 3.72. The summed E-state index contributed by atoms with van der Waals surface area (Å²) in [6, 6.07) is 4.51. The number of carbonyl (C=O) groups is 1. The molecule has 0 heterocycles. The van der Waals surface area contributed by atoms with Crippen molar-refractivity contribution in [2.75, 3.05) is 7.11 Å². The summed E-state index contributed by atoms with van der Waals surface area (Å²) in [5.41, 5.74) is 6.32. The second-order valence-electron chi connectivity index (χ2n) is 4.45. The van der Waals surface area contributed by atoms with Crippen LogP contribution in [-0.2, 0) is 11.2 Å². The van der Waals surface area contributed by atoms with Gasteiger partial charge in [0.05, 0.1) is 13.2 Å². The quantitative estimate of drug-likeness (QED) is 0.793. The largest absolute Gasteiger partial charge is 0.493 e. The molecule has 0 radical (unpaired) electrons. The van der Waals surface area contributed by atoms with Crippen molar-refractivity contribution >= 4 is 5.97 Å². The summed E-state index contributed by atoms with van der Waals surface area (Å²) in [5, 5.41) is 8.77. The third-order valence-corrected chi connectivity index (χ3v) is 2.82. The van der Waals surface area contributed by atoms with Crippen molar-refractivity contribution in [3.05, 3.63) is 23.8 Å². The van der Waals surface area contributed by atoms with Gasteiger partial charge >= 0.3 is 5.97 Å². The maximum absolute atomic E-state index is 10.7. The second kappa shape index (κ2) is 5.27. The van der Waals surface area contributed by atoms with Gasteiger partial charge in [0.1, 0.15) is 6.04 Å². The summed E-state index contributed by atoms with van der Waals surface area (Å²) in [5.74, 6) is 0.317. The SMILES string of the molecule is COc1cc(CC(N)C(=O)O)ccc1OC1CC1. The Morgan fingerprint density at radius 3 is 2.78 bits per heavy atom. The van der Waals surface area contributed by atoms with Gasteiger partial charge in [0.15, 0.2) is 11.5 Å². The number of hydrogen-bond donors (Lipinski definition) is 2. The zero-order valence-corrected chi connectivity index (χ0v) is 10.3. The minimum Gasteiger partial charge on any atom is -0.493 e. The third-order valence-electron chi connectivity index (χ3n) is 2.82. The normalized spacial score (nSPS) is 16.1. The number of benzene rings is 1. The van der Waals surface area contributed by atoms with E-state index < -0.39 is 12.0 Å². The monoisotopic (exact) mass is 251 g/mol. The molecule has 0 aromatic heterocycles. The van der Waals surface area contributed by atoms with E-state index >= 15 is 0 Å². The summed E-state index contributed by atoms with van der Waals surface area (Å²) in [6.45, 7) is 0. The van der Waals surface area contributed by atoms with Crippen molar-refractivity contribution < 1.29 is 19.4 Å². The minimum atomic E-state index is -1.01. The molecule has 0 bridgehead atoms. The minimum absolute atomic E-state index is 0.273. The first kappa shape index (κ1) is 12.7. The van der Waals surface area contributed by atoms with E-state index in [1.165, 1.54) is 0 Å². The molecule has 18 heavy (non-hydrogen) atoms. The highest BCUT2D eigenvalue weighted by Gasteiger charge is 2.25. The Balaban J connectivity index is 2.10. The van der Waals surface area contributed by atoms with E-state index in [1.54, 1.807) is 19.2 Å². The zero-order valence-electron chi connectivity index (χ0n) is 10.3. The molecule has 0 aliphatic heterocycles. The average Bonchev–Trinajstić information content (AvgIpc) is 3.14. The van der Waals surface area contributed by atoms with Gasteiger partial charge in [-0.15, -0.1) is 0 Å². The fourth-order valence-corrected chi connectivity index (χ4v) is 1.64. The molecule has 1 unspecified atom stereocenters. The predicted octanol–water partition coefficient (Wildman–Crippen LogP) is 1.19. The lowest BCUT2D eigenvalue weighted by Gasteiger charge is -2.12. The molecule has 1 aromatic rings. The van der Waals surface area contributed by atoms with Crippen LogP contribution in [0.15, 0.2) is 18.2 Å². The Morgan fingerprint density at radius 1 is 1.50 bits per heavy atom. The van der Waals surface area contributed by atoms with E-state index in [-0.39, 0.29) is 6.42 Å². The fraction of sp³-hybridized carbons (Fsp3) is 0.462. The van der Waals surface area contributed by atoms with Gasteiger partial charge < -0.3 is 20.3 Å². The Hall–Kier alpha value is -1.75. The summed E-state index contributed by atoms with van der Waals surface area (Å²) >= 11 is 0. The van der Waals surface area contributed by atoms with E-state index in [9.17, 15) is 4.79 Å². The number of rotatable bonds is 6. The molecule has 3 N–H and O–H groups in total. The number of methoxy groups -OCH3 is 1. The van der Waals surface area contributed by atoms with Crippen LogP contribution in [0.4, 0.5) is 0 Å². The Labute approximate surface area is 106 Å². The molecule has 5 nitrogen and oxygen atoms in total. The van der Waals surface area contributed by atoms with Crippen LogP contribution in [-0.4, -0.2) is 30.3 Å². The second-order valence-corrected chi connectivity index (χ2v) is 4.45. The van der Waals surface area contributed by atoms with Crippen LogP contribution in [0.3, 0.4) is 0 Å². The first-order chi connectivity index (χ1) is 8.60. The van der Waals surface area contributed by atoms with Gasteiger partial charge in [-0.05, 0) is 37.0 Å². The summed E-state index contributed by atoms with van der Waals surface area (Å²) in [4.78, 5) is 10.7. The Morgan fingerprint density at radius 2 is 2.22 bits per heavy atom. The lowest BCUT2D eigenvalue weighted by molar-refractivity contribution is -0.138. The first-order valence-corrected chi connectivity index (χ1v) is 5.92. The summed E-state index contributed by atoms with van der Waals surface area (Å²) in [6.07, 6.45) is 2.73. The lowest BCUT2D eigenvalue weighted by atomic mass is 10.1. The highest BCUT2D eigenvalue weighted by atomic mass is 16.5. The van der Waals surface area contributed by atoms with Crippen LogP contribution in [0.2, 0.25) is 0 Å². The van der Waals surface area contributed by atoms with Crippen LogP contribution in [0, 0.1) is 0 Å². The van der Waals surface area contributed by atoms with Gasteiger partial charge in [0.25, 0.3) is 0 Å². The van der Waals surface area contributed by atoms with Crippen LogP contribution in [0.5, 0.6) is 11.5 Å². The first-order valence-electron chi connectivity index (χ1n) is 5.92. The molecule has 0 amide bonds. The van der Waals surface area contributed by atoms with Gasteiger partial charge in [-0.1, -0.05) is 6.07 Å². The third kappa shape index (κ3) is 3.13. The highest BCUT2D eigenvalue weighted by Crippen LogP contribution is 2.34. The van der Waals surface area contributed by atoms with E-state index in [0.29, 0.717) is 17.6 Å². The molecular formula is C13H17NO4. The standard InChI is InChI=1S/C13H17NO4/c1-17-12-7-8(6-10(14)13(15)16)2-5-11(12)18-9-3-4-9/h2,5,7,9-10H,3-4,6,14H2,1H3,(H,15,16). The number of aliphatic carboxylic acids is 1. The number of hydrogen-bond acceptors (Lipinski definition) is 4. The smallest absolute Gasteiger partial charge is 0.320 e. The molecule has 0 saturated heterocycles. The molecule has 5 heteroatoms. The molecular weight excluding hydrogens is 234 g/mol. The predicted molar refractivity (Wildman–Crippen MR) is 66.0 cm³/mol. The van der Waals surface area contributed by atoms with Crippen LogP contribution in [0.25, 0.3) is 0 Å². The molecule has 1 aliphatic rings.